The Hall–Kier alpha value is -2.05. The Labute approximate surface area is 138 Å². The minimum Gasteiger partial charge on any atom is -0.394 e. The molecule has 4 rings (SSSR count). The minimum atomic E-state index is -1.42. The first-order chi connectivity index (χ1) is 11.4. The van der Waals surface area contributed by atoms with Crippen LogP contribution in [-0.4, -0.2) is 50.4 Å². The van der Waals surface area contributed by atoms with Gasteiger partial charge in [0.15, 0.2) is 5.79 Å². The molecule has 2 saturated heterocycles. The molecule has 2 aromatic heterocycles. The van der Waals surface area contributed by atoms with Crippen molar-refractivity contribution in [3.63, 3.8) is 0 Å². The van der Waals surface area contributed by atoms with Crippen molar-refractivity contribution in [2.24, 2.45) is 0 Å². The van der Waals surface area contributed by atoms with Gasteiger partial charge in [-0.15, -0.1) is 0 Å². The molecule has 0 aromatic carbocycles. The minimum absolute atomic E-state index is 0.263. The lowest BCUT2D eigenvalue weighted by Gasteiger charge is -2.28. The molecule has 0 amide bonds. The van der Waals surface area contributed by atoms with Gasteiger partial charge in [-0.2, -0.15) is 10.4 Å². The molecular formula is C16H18N4O4. The fourth-order valence-corrected chi connectivity index (χ4v) is 3.58. The zero-order chi connectivity index (χ0) is 17.1. The first-order valence-electron chi connectivity index (χ1n) is 7.77. The highest BCUT2D eigenvalue weighted by Gasteiger charge is 2.65. The van der Waals surface area contributed by atoms with E-state index in [0.29, 0.717) is 5.69 Å². The van der Waals surface area contributed by atoms with Crippen molar-refractivity contribution in [1.29, 1.82) is 5.26 Å². The average molecular weight is 330 g/mol. The van der Waals surface area contributed by atoms with E-state index in [1.165, 1.54) is 6.33 Å². The first kappa shape index (κ1) is 15.5. The number of hydrogen-bond acceptors (Lipinski definition) is 7. The molecule has 8 nitrogen and oxygen atoms in total. The predicted molar refractivity (Wildman–Crippen MR) is 80.8 cm³/mol. The topological polar surface area (TPSA) is 102 Å². The van der Waals surface area contributed by atoms with Crippen molar-refractivity contribution in [3.05, 3.63) is 29.8 Å². The molecule has 2 aliphatic heterocycles. The molecule has 2 aromatic rings. The fourth-order valence-electron chi connectivity index (χ4n) is 3.58. The summed E-state index contributed by atoms with van der Waals surface area (Å²) in [4.78, 5) is 4.16. The molecular weight excluding hydrogens is 312 g/mol. The first-order valence-corrected chi connectivity index (χ1v) is 7.77. The molecule has 8 heteroatoms. The Morgan fingerprint density at radius 2 is 2.12 bits per heavy atom. The van der Waals surface area contributed by atoms with Gasteiger partial charge in [-0.05, 0) is 32.9 Å². The number of aromatic nitrogens is 3. The van der Waals surface area contributed by atoms with Crippen LogP contribution < -0.4 is 0 Å². The normalized spacial score (nSPS) is 34.4. The van der Waals surface area contributed by atoms with E-state index in [1.807, 2.05) is 13.0 Å². The van der Waals surface area contributed by atoms with E-state index in [2.05, 4.69) is 16.2 Å². The molecule has 0 aliphatic carbocycles. The highest BCUT2D eigenvalue weighted by atomic mass is 16.8. The van der Waals surface area contributed by atoms with Crippen LogP contribution >= 0.6 is 0 Å². The number of aliphatic hydroxyl groups excluding tert-OH is 1. The number of hydrogen-bond donors (Lipinski definition) is 1. The van der Waals surface area contributed by atoms with Gasteiger partial charge in [0.05, 0.1) is 23.5 Å². The number of aryl methyl sites for hydroxylation is 1. The van der Waals surface area contributed by atoms with Crippen molar-refractivity contribution in [1.82, 2.24) is 14.6 Å². The maximum atomic E-state index is 10.00. The number of rotatable bonds is 2. The lowest BCUT2D eigenvalue weighted by molar-refractivity contribution is -0.204. The number of fused-ring (bicyclic) bond motifs is 2. The van der Waals surface area contributed by atoms with Crippen LogP contribution in [0.2, 0.25) is 0 Å². The summed E-state index contributed by atoms with van der Waals surface area (Å²) in [7, 11) is 0. The van der Waals surface area contributed by atoms with E-state index in [-0.39, 0.29) is 6.61 Å². The van der Waals surface area contributed by atoms with Crippen molar-refractivity contribution in [2.75, 3.05) is 6.61 Å². The van der Waals surface area contributed by atoms with E-state index in [0.717, 1.165) is 11.2 Å². The second kappa shape index (κ2) is 4.97. The summed E-state index contributed by atoms with van der Waals surface area (Å²) in [5, 5.41) is 23.9. The van der Waals surface area contributed by atoms with Crippen LogP contribution in [0, 0.1) is 18.3 Å². The largest absolute Gasteiger partial charge is 0.394 e. The van der Waals surface area contributed by atoms with Crippen molar-refractivity contribution in [2.45, 2.75) is 50.5 Å². The molecule has 0 bridgehead atoms. The van der Waals surface area contributed by atoms with Gasteiger partial charge in [-0.3, -0.25) is 0 Å². The van der Waals surface area contributed by atoms with E-state index < -0.39 is 29.7 Å². The Morgan fingerprint density at radius 3 is 2.83 bits per heavy atom. The standard InChI is InChI=1S/C16H18N4O4/c1-9-10-4-5-12(20(10)19-8-18-9)16(7-17)14-13(11(6-21)22-16)23-15(2,3)24-14/h4-5,8,11,13-14,21H,6H2,1-3H3/t11-,13-,14?,16+/m1/s1. The average Bonchev–Trinajstić information content (AvgIpc) is 3.18. The molecule has 1 unspecified atom stereocenters. The maximum Gasteiger partial charge on any atom is 0.226 e. The van der Waals surface area contributed by atoms with E-state index >= 15 is 0 Å². The van der Waals surface area contributed by atoms with Crippen LogP contribution in [0.25, 0.3) is 5.52 Å². The smallest absolute Gasteiger partial charge is 0.226 e. The Morgan fingerprint density at radius 1 is 1.33 bits per heavy atom. The summed E-state index contributed by atoms with van der Waals surface area (Å²) in [5.74, 6) is -0.855. The van der Waals surface area contributed by atoms with Gasteiger partial charge in [-0.1, -0.05) is 0 Å². The zero-order valence-electron chi connectivity index (χ0n) is 13.6. The SMILES string of the molecule is Cc1ncnn2c([C@]3(C#N)O[C@H](CO)[C@H]4OC(C)(C)OC43)ccc12. The van der Waals surface area contributed by atoms with Crippen molar-refractivity contribution < 1.29 is 19.3 Å². The summed E-state index contributed by atoms with van der Waals surface area (Å²) in [5.41, 5.74) is 0.700. The Kier molecular flexibility index (Phi) is 3.21. The fraction of sp³-hybridized carbons (Fsp3) is 0.562. The van der Waals surface area contributed by atoms with Crippen LogP contribution in [-0.2, 0) is 19.8 Å². The molecule has 0 radical (unpaired) electrons. The third-order valence-corrected chi connectivity index (χ3v) is 4.60. The third-order valence-electron chi connectivity index (χ3n) is 4.60. The van der Waals surface area contributed by atoms with Crippen LogP contribution in [0.4, 0.5) is 0 Å². The third kappa shape index (κ3) is 1.93. The number of nitrogens with zero attached hydrogens (tertiary/aromatic N) is 4. The summed E-state index contributed by atoms with van der Waals surface area (Å²) in [6, 6.07) is 5.87. The van der Waals surface area contributed by atoms with Gasteiger partial charge in [-0.25, -0.2) is 9.50 Å². The lowest BCUT2D eigenvalue weighted by atomic mass is 9.92. The van der Waals surface area contributed by atoms with Crippen LogP contribution in [0.1, 0.15) is 25.2 Å². The van der Waals surface area contributed by atoms with Gasteiger partial charge in [0, 0.05) is 0 Å². The van der Waals surface area contributed by atoms with E-state index in [4.69, 9.17) is 14.2 Å². The second-order valence-corrected chi connectivity index (χ2v) is 6.57. The quantitative estimate of drug-likeness (QED) is 0.863. The zero-order valence-corrected chi connectivity index (χ0v) is 13.6. The molecule has 24 heavy (non-hydrogen) atoms. The maximum absolute atomic E-state index is 10.00. The summed E-state index contributed by atoms with van der Waals surface area (Å²) in [6.07, 6.45) is -0.408. The van der Waals surface area contributed by atoms with Gasteiger partial charge >= 0.3 is 0 Å². The number of ether oxygens (including phenoxy) is 3. The molecule has 4 atom stereocenters. The van der Waals surface area contributed by atoms with Gasteiger partial charge in [0.1, 0.15) is 30.7 Å². The Balaban J connectivity index is 1.90. The molecule has 126 valence electrons. The molecule has 0 spiro atoms. The Bertz CT molecular complexity index is 842. The molecule has 2 aliphatic rings. The highest BCUT2D eigenvalue weighted by molar-refractivity contribution is 5.54. The molecule has 4 heterocycles. The molecule has 1 N–H and O–H groups in total. The van der Waals surface area contributed by atoms with E-state index in [1.54, 1.807) is 24.4 Å². The number of nitriles is 1. The van der Waals surface area contributed by atoms with Gasteiger partial charge < -0.3 is 19.3 Å². The van der Waals surface area contributed by atoms with E-state index in [9.17, 15) is 10.4 Å². The van der Waals surface area contributed by atoms with Crippen LogP contribution in [0.5, 0.6) is 0 Å². The summed E-state index contributed by atoms with van der Waals surface area (Å²) >= 11 is 0. The predicted octanol–water partition coefficient (Wildman–Crippen LogP) is 0.668. The molecule has 0 saturated carbocycles. The summed E-state index contributed by atoms with van der Waals surface area (Å²) in [6.45, 7) is 5.17. The lowest BCUT2D eigenvalue weighted by Crippen LogP contribution is -2.40. The van der Waals surface area contributed by atoms with Crippen molar-refractivity contribution in [3.8, 4) is 6.07 Å². The van der Waals surface area contributed by atoms with Crippen molar-refractivity contribution >= 4 is 5.52 Å². The highest BCUT2D eigenvalue weighted by Crippen LogP contribution is 2.49. The van der Waals surface area contributed by atoms with Crippen LogP contribution in [0.15, 0.2) is 18.5 Å². The summed E-state index contributed by atoms with van der Waals surface area (Å²) < 4.78 is 19.4. The van der Waals surface area contributed by atoms with Gasteiger partial charge in [0.25, 0.3) is 0 Å². The monoisotopic (exact) mass is 330 g/mol. The number of aliphatic hydroxyl groups is 1. The van der Waals surface area contributed by atoms with Gasteiger partial charge in [0.2, 0.25) is 5.60 Å². The second-order valence-electron chi connectivity index (χ2n) is 6.57. The molecule has 2 fully saturated rings. The van der Waals surface area contributed by atoms with Crippen LogP contribution in [0.3, 0.4) is 0 Å².